The third-order valence-corrected chi connectivity index (χ3v) is 4.64. The first kappa shape index (κ1) is 16.4. The van der Waals surface area contributed by atoms with Gasteiger partial charge in [-0.2, -0.15) is 0 Å². The van der Waals surface area contributed by atoms with Crippen molar-refractivity contribution in [1.82, 2.24) is 19.9 Å². The Morgan fingerprint density at radius 3 is 2.31 bits per heavy atom. The van der Waals surface area contributed by atoms with Gasteiger partial charge in [0.15, 0.2) is 5.82 Å². The van der Waals surface area contributed by atoms with Gasteiger partial charge >= 0.3 is 0 Å². The normalized spacial score (nSPS) is 14.7. The molecule has 0 N–H and O–H groups in total. The molecule has 130 valence electrons. The van der Waals surface area contributed by atoms with Crippen molar-refractivity contribution in [2.75, 3.05) is 0 Å². The van der Waals surface area contributed by atoms with E-state index in [1.807, 2.05) is 60.4 Å². The summed E-state index contributed by atoms with van der Waals surface area (Å²) in [6, 6.07) is 15.7. The van der Waals surface area contributed by atoms with Gasteiger partial charge in [0.25, 0.3) is 5.91 Å². The largest absolute Gasteiger partial charge is 0.327 e. The van der Waals surface area contributed by atoms with Gasteiger partial charge in [0, 0.05) is 30.2 Å². The number of benzene rings is 1. The van der Waals surface area contributed by atoms with E-state index in [2.05, 4.69) is 15.0 Å². The Labute approximate surface area is 152 Å². The molecule has 0 unspecified atom stereocenters. The third-order valence-electron chi connectivity index (χ3n) is 4.64. The average molecular weight is 344 g/mol. The number of hydrogen-bond donors (Lipinski definition) is 0. The Morgan fingerprint density at radius 2 is 1.69 bits per heavy atom. The second-order valence-electron chi connectivity index (χ2n) is 6.54. The molecule has 1 aliphatic carbocycles. The zero-order valence-corrected chi connectivity index (χ0v) is 14.6. The zero-order chi connectivity index (χ0) is 17.9. The molecule has 5 heteroatoms. The molecular weight excluding hydrogens is 324 g/mol. The molecule has 1 aromatic carbocycles. The summed E-state index contributed by atoms with van der Waals surface area (Å²) in [5.74, 6) is 0.586. The predicted octanol–water partition coefficient (Wildman–Crippen LogP) is 3.90. The van der Waals surface area contributed by atoms with Crippen LogP contribution in [0.2, 0.25) is 0 Å². The van der Waals surface area contributed by atoms with Crippen molar-refractivity contribution in [2.45, 2.75) is 31.8 Å². The minimum Gasteiger partial charge on any atom is -0.327 e. The van der Waals surface area contributed by atoms with Crippen molar-refractivity contribution in [3.63, 3.8) is 0 Å². The Balaban J connectivity index is 1.58. The average Bonchev–Trinajstić information content (AvgIpc) is 3.54. The first-order valence-corrected chi connectivity index (χ1v) is 8.85. The summed E-state index contributed by atoms with van der Waals surface area (Å²) < 4.78 is 0. The molecule has 1 amide bonds. The van der Waals surface area contributed by atoms with Crippen LogP contribution in [0.4, 0.5) is 0 Å². The minimum atomic E-state index is -0.0787. The van der Waals surface area contributed by atoms with Gasteiger partial charge < -0.3 is 4.90 Å². The molecule has 0 saturated heterocycles. The number of hydrogen-bond acceptors (Lipinski definition) is 4. The van der Waals surface area contributed by atoms with Crippen molar-refractivity contribution >= 4 is 5.91 Å². The molecule has 2 heterocycles. The topological polar surface area (TPSA) is 59.0 Å². The fourth-order valence-electron chi connectivity index (χ4n) is 3.10. The van der Waals surface area contributed by atoms with Crippen LogP contribution >= 0.6 is 0 Å². The smallest absolute Gasteiger partial charge is 0.257 e. The van der Waals surface area contributed by atoms with E-state index >= 15 is 0 Å². The molecule has 4 rings (SSSR count). The molecule has 5 nitrogen and oxygen atoms in total. The first-order chi connectivity index (χ1) is 12.7. The number of aromatic nitrogens is 3. The molecule has 0 bridgehead atoms. The SMILES string of the molecule is C[C@@H](c1ccccn1)N(C(=O)c1cnc(-c2ccccc2)nc1)C1CC1. The maximum Gasteiger partial charge on any atom is 0.257 e. The van der Waals surface area contributed by atoms with Crippen LogP contribution in [0.25, 0.3) is 11.4 Å². The van der Waals surface area contributed by atoms with Gasteiger partial charge in [-0.3, -0.25) is 9.78 Å². The molecular formula is C21H20N4O. The lowest BCUT2D eigenvalue weighted by molar-refractivity contribution is 0.0669. The summed E-state index contributed by atoms with van der Waals surface area (Å²) in [4.78, 5) is 28.2. The van der Waals surface area contributed by atoms with E-state index in [9.17, 15) is 4.79 Å². The monoisotopic (exact) mass is 344 g/mol. The number of amides is 1. The van der Waals surface area contributed by atoms with Gasteiger partial charge in [0.1, 0.15) is 0 Å². The minimum absolute atomic E-state index is 0.0368. The van der Waals surface area contributed by atoms with Crippen molar-refractivity contribution in [2.24, 2.45) is 0 Å². The lowest BCUT2D eigenvalue weighted by Gasteiger charge is -2.29. The molecule has 1 fully saturated rings. The molecule has 0 spiro atoms. The fourth-order valence-corrected chi connectivity index (χ4v) is 3.10. The van der Waals surface area contributed by atoms with Gasteiger partial charge in [-0.15, -0.1) is 0 Å². The lowest BCUT2D eigenvalue weighted by atomic mass is 10.1. The van der Waals surface area contributed by atoms with Crippen molar-refractivity contribution < 1.29 is 4.79 Å². The molecule has 0 radical (unpaired) electrons. The maximum atomic E-state index is 13.1. The highest BCUT2D eigenvalue weighted by atomic mass is 16.2. The van der Waals surface area contributed by atoms with E-state index in [1.165, 1.54) is 0 Å². The molecule has 2 aromatic heterocycles. The summed E-state index contributed by atoms with van der Waals surface area (Å²) in [5, 5.41) is 0. The fraction of sp³-hybridized carbons (Fsp3) is 0.238. The predicted molar refractivity (Wildman–Crippen MR) is 99.3 cm³/mol. The van der Waals surface area contributed by atoms with Gasteiger partial charge in [-0.05, 0) is 31.9 Å². The molecule has 3 aromatic rings. The zero-order valence-electron chi connectivity index (χ0n) is 14.6. The van der Waals surface area contributed by atoms with E-state index in [-0.39, 0.29) is 18.0 Å². The number of carbonyl (C=O) groups excluding carboxylic acids is 1. The highest BCUT2D eigenvalue weighted by molar-refractivity contribution is 5.94. The molecule has 1 aliphatic rings. The van der Waals surface area contributed by atoms with Crippen LogP contribution in [0.1, 0.15) is 41.9 Å². The number of rotatable bonds is 5. The van der Waals surface area contributed by atoms with Gasteiger partial charge in [-0.25, -0.2) is 9.97 Å². The van der Waals surface area contributed by atoms with Crippen LogP contribution in [0.3, 0.4) is 0 Å². The standard InChI is InChI=1S/C21H20N4O/c1-15(19-9-5-6-12-22-19)25(18-10-11-18)21(26)17-13-23-20(24-14-17)16-7-3-2-4-8-16/h2-9,12-15,18H,10-11H2,1H3/t15-/m0/s1. The summed E-state index contributed by atoms with van der Waals surface area (Å²) in [6.45, 7) is 2.03. The highest BCUT2D eigenvalue weighted by Crippen LogP contribution is 2.35. The van der Waals surface area contributed by atoms with Crippen LogP contribution in [-0.4, -0.2) is 31.8 Å². The lowest BCUT2D eigenvalue weighted by Crippen LogP contribution is -2.36. The van der Waals surface area contributed by atoms with Crippen LogP contribution in [0, 0.1) is 0 Å². The number of pyridine rings is 1. The van der Waals surface area contributed by atoms with Crippen molar-refractivity contribution in [3.8, 4) is 11.4 Å². The quantitative estimate of drug-likeness (QED) is 0.704. The summed E-state index contributed by atoms with van der Waals surface area (Å²) >= 11 is 0. The van der Waals surface area contributed by atoms with Crippen LogP contribution in [0.15, 0.2) is 67.1 Å². The third kappa shape index (κ3) is 3.33. The Hall–Kier alpha value is -3.08. The van der Waals surface area contributed by atoms with Crippen LogP contribution in [0.5, 0.6) is 0 Å². The van der Waals surface area contributed by atoms with Crippen molar-refractivity contribution in [3.05, 3.63) is 78.4 Å². The molecule has 1 saturated carbocycles. The summed E-state index contributed by atoms with van der Waals surface area (Å²) in [5.41, 5.74) is 2.35. The van der Waals surface area contributed by atoms with E-state index in [0.717, 1.165) is 24.1 Å². The van der Waals surface area contributed by atoms with E-state index < -0.39 is 0 Å². The first-order valence-electron chi connectivity index (χ1n) is 8.85. The second kappa shape index (κ2) is 7.04. The number of carbonyl (C=O) groups is 1. The second-order valence-corrected chi connectivity index (χ2v) is 6.54. The van der Waals surface area contributed by atoms with Gasteiger partial charge in [-0.1, -0.05) is 36.4 Å². The Bertz CT molecular complexity index is 877. The molecule has 1 atom stereocenters. The maximum absolute atomic E-state index is 13.1. The summed E-state index contributed by atoms with van der Waals surface area (Å²) in [6.07, 6.45) is 7.08. The van der Waals surface area contributed by atoms with E-state index in [4.69, 9.17) is 0 Å². The summed E-state index contributed by atoms with van der Waals surface area (Å²) in [7, 11) is 0. The van der Waals surface area contributed by atoms with Gasteiger partial charge in [0.05, 0.1) is 17.3 Å². The van der Waals surface area contributed by atoms with Crippen LogP contribution < -0.4 is 0 Å². The molecule has 0 aliphatic heterocycles. The Morgan fingerprint density at radius 1 is 1.00 bits per heavy atom. The number of nitrogens with zero attached hydrogens (tertiary/aromatic N) is 4. The molecule has 26 heavy (non-hydrogen) atoms. The van der Waals surface area contributed by atoms with E-state index in [0.29, 0.717) is 11.4 Å². The van der Waals surface area contributed by atoms with E-state index in [1.54, 1.807) is 18.6 Å². The highest BCUT2D eigenvalue weighted by Gasteiger charge is 2.37. The van der Waals surface area contributed by atoms with Gasteiger partial charge in [0.2, 0.25) is 0 Å². The van der Waals surface area contributed by atoms with Crippen molar-refractivity contribution in [1.29, 1.82) is 0 Å². The van der Waals surface area contributed by atoms with Crippen LogP contribution in [-0.2, 0) is 0 Å². The Kier molecular flexibility index (Phi) is 4.44.